The first-order valence-corrected chi connectivity index (χ1v) is 10.2. The number of rotatable bonds is 5. The number of nitrogens with zero attached hydrogens (tertiary/aromatic N) is 3. The van der Waals surface area contributed by atoms with Gasteiger partial charge in [0.05, 0.1) is 5.69 Å². The van der Waals surface area contributed by atoms with Gasteiger partial charge in [-0.05, 0) is 62.9 Å². The third-order valence-electron chi connectivity index (χ3n) is 5.61. The van der Waals surface area contributed by atoms with Crippen LogP contribution in [-0.4, -0.2) is 46.9 Å². The zero-order valence-electron chi connectivity index (χ0n) is 15.8. The summed E-state index contributed by atoms with van der Waals surface area (Å²) in [6.07, 6.45) is 4.12. The standard InChI is InChI=1S/C21H26ClN3O2/c1-15-19(23-21(27-15)17-6-8-18(22)9-7-17)14-24-10-2-4-16(12-24)13-25-11-3-5-20(25)26/h6-9,16H,2-5,10-14H2,1H3/t16-/m0/s1. The Kier molecular flexibility index (Phi) is 5.50. The topological polar surface area (TPSA) is 49.6 Å². The molecule has 1 aromatic heterocycles. The summed E-state index contributed by atoms with van der Waals surface area (Å²) in [5.74, 6) is 2.41. The molecule has 1 amide bonds. The van der Waals surface area contributed by atoms with Crippen LogP contribution in [0.5, 0.6) is 0 Å². The lowest BCUT2D eigenvalue weighted by Crippen LogP contribution is -2.41. The molecule has 2 saturated heterocycles. The predicted molar refractivity (Wildman–Crippen MR) is 106 cm³/mol. The number of halogens is 1. The van der Waals surface area contributed by atoms with E-state index < -0.39 is 0 Å². The van der Waals surface area contributed by atoms with E-state index in [4.69, 9.17) is 21.0 Å². The number of piperidine rings is 1. The fourth-order valence-corrected chi connectivity index (χ4v) is 4.28. The summed E-state index contributed by atoms with van der Waals surface area (Å²) in [4.78, 5) is 21.1. The van der Waals surface area contributed by atoms with Crippen LogP contribution in [0.25, 0.3) is 11.5 Å². The Morgan fingerprint density at radius 1 is 1.22 bits per heavy atom. The smallest absolute Gasteiger partial charge is 0.226 e. The summed E-state index contributed by atoms with van der Waals surface area (Å²) in [7, 11) is 0. The lowest BCUT2D eigenvalue weighted by molar-refractivity contribution is -0.128. The number of aryl methyl sites for hydroxylation is 1. The molecule has 0 unspecified atom stereocenters. The van der Waals surface area contributed by atoms with Gasteiger partial charge in [0.1, 0.15) is 5.76 Å². The summed E-state index contributed by atoms with van der Waals surface area (Å²) in [5.41, 5.74) is 1.94. The first-order valence-electron chi connectivity index (χ1n) is 9.81. The third kappa shape index (κ3) is 4.36. The summed E-state index contributed by atoms with van der Waals surface area (Å²) in [6.45, 7) is 6.71. The van der Waals surface area contributed by atoms with Gasteiger partial charge in [-0.2, -0.15) is 0 Å². The van der Waals surface area contributed by atoms with E-state index in [2.05, 4.69) is 4.90 Å². The van der Waals surface area contributed by atoms with Gasteiger partial charge in [-0.15, -0.1) is 0 Å². The summed E-state index contributed by atoms with van der Waals surface area (Å²) in [5, 5.41) is 0.707. The fourth-order valence-electron chi connectivity index (χ4n) is 4.16. The van der Waals surface area contributed by atoms with Gasteiger partial charge in [-0.25, -0.2) is 4.98 Å². The van der Waals surface area contributed by atoms with Crippen LogP contribution in [-0.2, 0) is 11.3 Å². The van der Waals surface area contributed by atoms with Crippen molar-refractivity contribution in [3.63, 3.8) is 0 Å². The van der Waals surface area contributed by atoms with Gasteiger partial charge in [0.2, 0.25) is 11.8 Å². The van der Waals surface area contributed by atoms with E-state index in [1.807, 2.05) is 36.1 Å². The Hall–Kier alpha value is -1.85. The van der Waals surface area contributed by atoms with E-state index in [1.54, 1.807) is 0 Å². The second-order valence-electron chi connectivity index (χ2n) is 7.72. The highest BCUT2D eigenvalue weighted by atomic mass is 35.5. The average Bonchev–Trinajstić information content (AvgIpc) is 3.22. The predicted octanol–water partition coefficient (Wildman–Crippen LogP) is 4.14. The molecule has 0 spiro atoms. The average molecular weight is 388 g/mol. The highest BCUT2D eigenvalue weighted by Crippen LogP contribution is 2.26. The van der Waals surface area contributed by atoms with Crippen LogP contribution in [0.3, 0.4) is 0 Å². The van der Waals surface area contributed by atoms with Crippen LogP contribution in [0.15, 0.2) is 28.7 Å². The van der Waals surface area contributed by atoms with Gasteiger partial charge in [0.15, 0.2) is 0 Å². The molecule has 0 radical (unpaired) electrons. The number of aromatic nitrogens is 1. The molecule has 1 atom stereocenters. The lowest BCUT2D eigenvalue weighted by atomic mass is 9.97. The van der Waals surface area contributed by atoms with E-state index >= 15 is 0 Å². The van der Waals surface area contributed by atoms with Crippen molar-refractivity contribution in [3.8, 4) is 11.5 Å². The Balaban J connectivity index is 1.39. The van der Waals surface area contributed by atoms with Crippen LogP contribution < -0.4 is 0 Å². The van der Waals surface area contributed by atoms with Gasteiger partial charge in [-0.3, -0.25) is 9.69 Å². The molecule has 5 nitrogen and oxygen atoms in total. The van der Waals surface area contributed by atoms with Gasteiger partial charge >= 0.3 is 0 Å². The van der Waals surface area contributed by atoms with E-state index in [9.17, 15) is 4.79 Å². The Morgan fingerprint density at radius 3 is 2.78 bits per heavy atom. The largest absolute Gasteiger partial charge is 0.441 e. The van der Waals surface area contributed by atoms with Crippen LogP contribution in [0, 0.1) is 12.8 Å². The van der Waals surface area contributed by atoms with Crippen LogP contribution in [0.2, 0.25) is 5.02 Å². The molecule has 0 saturated carbocycles. The third-order valence-corrected chi connectivity index (χ3v) is 5.86. The van der Waals surface area contributed by atoms with Gasteiger partial charge in [0.25, 0.3) is 0 Å². The second kappa shape index (κ2) is 8.03. The van der Waals surface area contributed by atoms with Crippen molar-refractivity contribution in [3.05, 3.63) is 40.7 Å². The molecule has 1 aromatic carbocycles. The molecule has 0 aliphatic carbocycles. The van der Waals surface area contributed by atoms with Gasteiger partial charge in [0, 0.05) is 43.2 Å². The van der Waals surface area contributed by atoms with Crippen molar-refractivity contribution in [2.45, 2.75) is 39.2 Å². The molecule has 27 heavy (non-hydrogen) atoms. The van der Waals surface area contributed by atoms with E-state index in [0.29, 0.717) is 22.7 Å². The molecule has 2 aliphatic rings. The SMILES string of the molecule is Cc1oc(-c2ccc(Cl)cc2)nc1CN1CCC[C@H](CN2CCCC2=O)C1. The number of benzene rings is 1. The first-order chi connectivity index (χ1) is 13.1. The summed E-state index contributed by atoms with van der Waals surface area (Å²) >= 11 is 5.97. The lowest BCUT2D eigenvalue weighted by Gasteiger charge is -2.34. The Bertz CT molecular complexity index is 802. The molecule has 6 heteroatoms. The maximum absolute atomic E-state index is 11.9. The first kappa shape index (κ1) is 18.5. The quantitative estimate of drug-likeness (QED) is 0.773. The number of carbonyl (C=O) groups excluding carboxylic acids is 1. The van der Waals surface area contributed by atoms with E-state index in [0.717, 1.165) is 62.6 Å². The molecule has 2 aromatic rings. The number of carbonyl (C=O) groups is 1. The van der Waals surface area contributed by atoms with E-state index in [-0.39, 0.29) is 0 Å². The number of likely N-dealkylation sites (tertiary alicyclic amines) is 2. The maximum Gasteiger partial charge on any atom is 0.226 e. The van der Waals surface area contributed by atoms with Crippen molar-refractivity contribution in [1.29, 1.82) is 0 Å². The molecular weight excluding hydrogens is 362 g/mol. The zero-order valence-corrected chi connectivity index (χ0v) is 16.5. The molecule has 3 heterocycles. The van der Waals surface area contributed by atoms with Crippen LogP contribution in [0.4, 0.5) is 0 Å². The van der Waals surface area contributed by atoms with E-state index in [1.165, 1.54) is 12.8 Å². The number of oxazole rings is 1. The molecule has 0 bridgehead atoms. The van der Waals surface area contributed by atoms with Crippen molar-refractivity contribution in [1.82, 2.24) is 14.8 Å². The Labute approximate surface area is 165 Å². The number of hydrogen-bond donors (Lipinski definition) is 0. The highest BCUT2D eigenvalue weighted by Gasteiger charge is 2.27. The van der Waals surface area contributed by atoms with Crippen molar-refractivity contribution < 1.29 is 9.21 Å². The van der Waals surface area contributed by atoms with Gasteiger partial charge in [-0.1, -0.05) is 11.6 Å². The second-order valence-corrected chi connectivity index (χ2v) is 8.15. The fraction of sp³-hybridized carbons (Fsp3) is 0.524. The van der Waals surface area contributed by atoms with Crippen molar-refractivity contribution in [2.24, 2.45) is 5.92 Å². The number of amides is 1. The van der Waals surface area contributed by atoms with Gasteiger partial charge < -0.3 is 9.32 Å². The highest BCUT2D eigenvalue weighted by molar-refractivity contribution is 6.30. The molecule has 2 fully saturated rings. The minimum Gasteiger partial charge on any atom is -0.441 e. The molecular formula is C21H26ClN3O2. The zero-order chi connectivity index (χ0) is 18.8. The van der Waals surface area contributed by atoms with Crippen molar-refractivity contribution in [2.75, 3.05) is 26.2 Å². The van der Waals surface area contributed by atoms with Crippen LogP contribution >= 0.6 is 11.6 Å². The minimum atomic E-state index is 0.326. The van der Waals surface area contributed by atoms with Crippen LogP contribution in [0.1, 0.15) is 37.1 Å². The molecule has 0 N–H and O–H groups in total. The molecule has 2 aliphatic heterocycles. The summed E-state index contributed by atoms with van der Waals surface area (Å²) < 4.78 is 5.90. The monoisotopic (exact) mass is 387 g/mol. The maximum atomic E-state index is 11.9. The number of hydrogen-bond acceptors (Lipinski definition) is 4. The Morgan fingerprint density at radius 2 is 2.04 bits per heavy atom. The minimum absolute atomic E-state index is 0.326. The molecule has 4 rings (SSSR count). The summed E-state index contributed by atoms with van der Waals surface area (Å²) in [6, 6.07) is 7.57. The molecule has 144 valence electrons. The van der Waals surface area contributed by atoms with Crippen molar-refractivity contribution >= 4 is 17.5 Å². The normalized spacial score (nSPS) is 21.2.